The van der Waals surface area contributed by atoms with E-state index in [2.05, 4.69) is 26.4 Å². The molecule has 3 rings (SSSR count). The summed E-state index contributed by atoms with van der Waals surface area (Å²) in [7, 11) is -1.94. The van der Waals surface area contributed by atoms with Gasteiger partial charge in [-0.2, -0.15) is 4.36 Å². The van der Waals surface area contributed by atoms with Crippen molar-refractivity contribution in [3.63, 3.8) is 0 Å². The van der Waals surface area contributed by atoms with Crippen LogP contribution in [-0.4, -0.2) is 15.7 Å². The van der Waals surface area contributed by atoms with Crippen molar-refractivity contribution in [1.82, 2.24) is 0 Å². The van der Waals surface area contributed by atoms with Gasteiger partial charge < -0.3 is 0 Å². The van der Waals surface area contributed by atoms with Crippen LogP contribution in [0.5, 0.6) is 0 Å². The van der Waals surface area contributed by atoms with Crippen LogP contribution in [0.1, 0.15) is 6.42 Å². The first-order chi connectivity index (χ1) is 8.16. The Morgan fingerprint density at radius 3 is 2.35 bits per heavy atom. The van der Waals surface area contributed by atoms with Crippen LogP contribution < -0.4 is 0 Å². The first-order valence-electron chi connectivity index (χ1n) is 5.57. The lowest BCUT2D eigenvalue weighted by molar-refractivity contribution is 0.663. The first kappa shape index (κ1) is 11.2. The summed E-state index contributed by atoms with van der Waals surface area (Å²) in [6.45, 7) is 0. The Morgan fingerprint density at radius 2 is 1.76 bits per heavy atom. The fourth-order valence-corrected chi connectivity index (χ4v) is 3.97. The van der Waals surface area contributed by atoms with Crippen molar-refractivity contribution in [3.05, 3.63) is 40.9 Å². The van der Waals surface area contributed by atoms with Gasteiger partial charge in [-0.25, -0.2) is 4.21 Å². The third-order valence-electron chi connectivity index (χ3n) is 3.01. The summed E-state index contributed by atoms with van der Waals surface area (Å²) in [6, 6.07) is 12.2. The topological polar surface area (TPSA) is 29.4 Å². The van der Waals surface area contributed by atoms with Gasteiger partial charge in [0.1, 0.15) is 0 Å². The normalized spacial score (nSPS) is 17.7. The van der Waals surface area contributed by atoms with Crippen LogP contribution >= 0.6 is 15.9 Å². The summed E-state index contributed by atoms with van der Waals surface area (Å²) in [5.41, 5.74) is 0.813. The first-order valence-corrected chi connectivity index (χ1v) is 8.22. The Balaban J connectivity index is 2.20. The molecule has 0 aromatic heterocycles. The summed E-state index contributed by atoms with van der Waals surface area (Å²) in [4.78, 5) is 0. The van der Waals surface area contributed by atoms with E-state index in [-0.39, 0.29) is 0 Å². The minimum Gasteiger partial charge on any atom is -0.249 e. The molecule has 0 spiro atoms. The van der Waals surface area contributed by atoms with E-state index in [9.17, 15) is 4.21 Å². The molecule has 1 fully saturated rings. The fraction of sp³-hybridized carbons (Fsp3) is 0.231. The molecule has 0 amide bonds. The SMILES string of the molecule is O=S1(=Nc2cc3ccccc3cc2Br)CCC1. The lowest BCUT2D eigenvalue weighted by Gasteiger charge is -2.18. The number of fused-ring (bicyclic) bond motifs is 1. The highest BCUT2D eigenvalue weighted by molar-refractivity contribution is 9.10. The van der Waals surface area contributed by atoms with Crippen molar-refractivity contribution in [2.75, 3.05) is 11.5 Å². The molecule has 2 aromatic carbocycles. The highest BCUT2D eigenvalue weighted by Gasteiger charge is 2.19. The van der Waals surface area contributed by atoms with Crippen molar-refractivity contribution in [2.45, 2.75) is 6.42 Å². The minimum atomic E-state index is -1.94. The zero-order chi connectivity index (χ0) is 11.9. The average Bonchev–Trinajstić information content (AvgIpc) is 2.28. The van der Waals surface area contributed by atoms with E-state index in [0.717, 1.165) is 33.5 Å². The molecule has 0 N–H and O–H groups in total. The van der Waals surface area contributed by atoms with E-state index in [0.29, 0.717) is 0 Å². The smallest absolute Gasteiger partial charge is 0.0878 e. The number of benzene rings is 2. The standard InChI is InChI=1S/C13H12BrNOS/c14-12-8-10-4-1-2-5-11(10)9-13(12)15-17(16)6-3-7-17/h1-2,4-5,8-9H,3,6-7H2. The predicted molar refractivity (Wildman–Crippen MR) is 76.2 cm³/mol. The quantitative estimate of drug-likeness (QED) is 0.779. The molecule has 0 aliphatic carbocycles. The van der Waals surface area contributed by atoms with Crippen molar-refractivity contribution in [1.29, 1.82) is 0 Å². The Hall–Kier alpha value is -0.870. The zero-order valence-corrected chi connectivity index (χ0v) is 11.6. The van der Waals surface area contributed by atoms with Crippen LogP contribution in [-0.2, 0) is 9.73 Å². The number of rotatable bonds is 1. The fourth-order valence-electron chi connectivity index (χ4n) is 1.93. The number of halogens is 1. The second-order valence-corrected chi connectivity index (χ2v) is 7.67. The molecule has 1 aliphatic heterocycles. The average molecular weight is 310 g/mol. The van der Waals surface area contributed by atoms with Crippen LogP contribution in [0.2, 0.25) is 0 Å². The molecular weight excluding hydrogens is 298 g/mol. The van der Waals surface area contributed by atoms with Gasteiger partial charge >= 0.3 is 0 Å². The second-order valence-electron chi connectivity index (χ2n) is 4.28. The van der Waals surface area contributed by atoms with Gasteiger partial charge in [-0.05, 0) is 45.3 Å². The lowest BCUT2D eigenvalue weighted by atomic mass is 10.1. The highest BCUT2D eigenvalue weighted by Crippen LogP contribution is 2.33. The van der Waals surface area contributed by atoms with Crippen LogP contribution in [0, 0.1) is 0 Å². The molecule has 17 heavy (non-hydrogen) atoms. The van der Waals surface area contributed by atoms with E-state index in [1.165, 1.54) is 5.39 Å². The molecular formula is C13H12BrNOS. The summed E-state index contributed by atoms with van der Waals surface area (Å²) in [5, 5.41) is 2.30. The molecule has 1 saturated heterocycles. The highest BCUT2D eigenvalue weighted by atomic mass is 79.9. The Labute approximate surface area is 109 Å². The van der Waals surface area contributed by atoms with Gasteiger partial charge in [0.05, 0.1) is 15.4 Å². The molecule has 2 nitrogen and oxygen atoms in total. The van der Waals surface area contributed by atoms with Gasteiger partial charge in [-0.15, -0.1) is 0 Å². The maximum absolute atomic E-state index is 12.1. The second kappa shape index (κ2) is 4.10. The van der Waals surface area contributed by atoms with Crippen molar-refractivity contribution >= 4 is 42.1 Å². The molecule has 0 bridgehead atoms. The van der Waals surface area contributed by atoms with Gasteiger partial charge in [0.15, 0.2) is 0 Å². The van der Waals surface area contributed by atoms with E-state index in [1.807, 2.05) is 30.3 Å². The van der Waals surface area contributed by atoms with Gasteiger partial charge in [0, 0.05) is 16.0 Å². The monoisotopic (exact) mass is 309 g/mol. The number of hydrogen-bond donors (Lipinski definition) is 0. The van der Waals surface area contributed by atoms with Crippen molar-refractivity contribution < 1.29 is 4.21 Å². The molecule has 0 radical (unpaired) electrons. The van der Waals surface area contributed by atoms with Crippen molar-refractivity contribution in [3.8, 4) is 0 Å². The molecule has 2 aromatic rings. The summed E-state index contributed by atoms with van der Waals surface area (Å²) >= 11 is 3.50. The molecule has 0 unspecified atom stereocenters. The van der Waals surface area contributed by atoms with Gasteiger partial charge in [-0.1, -0.05) is 24.3 Å². The summed E-state index contributed by atoms with van der Waals surface area (Å²) < 4.78 is 17.5. The van der Waals surface area contributed by atoms with Crippen LogP contribution in [0.15, 0.2) is 45.2 Å². The van der Waals surface area contributed by atoms with E-state index >= 15 is 0 Å². The molecule has 88 valence electrons. The van der Waals surface area contributed by atoms with Gasteiger partial charge in [0.25, 0.3) is 0 Å². The number of hydrogen-bond acceptors (Lipinski definition) is 2. The van der Waals surface area contributed by atoms with Gasteiger partial charge in [0.2, 0.25) is 0 Å². The Kier molecular flexibility index (Phi) is 2.71. The van der Waals surface area contributed by atoms with Crippen LogP contribution in [0.4, 0.5) is 5.69 Å². The van der Waals surface area contributed by atoms with E-state index < -0.39 is 9.73 Å². The zero-order valence-electron chi connectivity index (χ0n) is 9.23. The Bertz CT molecular complexity index is 692. The lowest BCUT2D eigenvalue weighted by Crippen LogP contribution is -2.22. The van der Waals surface area contributed by atoms with Crippen LogP contribution in [0.3, 0.4) is 0 Å². The summed E-state index contributed by atoms with van der Waals surface area (Å²) in [6.07, 6.45) is 1.04. The maximum Gasteiger partial charge on any atom is 0.0878 e. The third kappa shape index (κ3) is 2.11. The molecule has 4 heteroatoms. The van der Waals surface area contributed by atoms with Crippen LogP contribution in [0.25, 0.3) is 10.8 Å². The minimum absolute atomic E-state index is 0.742. The van der Waals surface area contributed by atoms with Crippen molar-refractivity contribution in [2.24, 2.45) is 4.36 Å². The largest absolute Gasteiger partial charge is 0.249 e. The van der Waals surface area contributed by atoms with E-state index in [1.54, 1.807) is 0 Å². The molecule has 1 aliphatic rings. The Morgan fingerprint density at radius 1 is 1.12 bits per heavy atom. The molecule has 0 atom stereocenters. The predicted octanol–water partition coefficient (Wildman–Crippen LogP) is 4.11. The van der Waals surface area contributed by atoms with E-state index in [4.69, 9.17) is 0 Å². The summed E-state index contributed by atoms with van der Waals surface area (Å²) in [5.74, 6) is 1.48. The molecule has 0 saturated carbocycles. The number of nitrogens with zero attached hydrogens (tertiary/aromatic N) is 1. The molecule has 1 heterocycles. The maximum atomic E-state index is 12.1. The van der Waals surface area contributed by atoms with Gasteiger partial charge in [-0.3, -0.25) is 0 Å². The third-order valence-corrected chi connectivity index (χ3v) is 6.02.